The van der Waals surface area contributed by atoms with Crippen LogP contribution in [0.15, 0.2) is 12.3 Å². The lowest BCUT2D eigenvalue weighted by molar-refractivity contribution is 0.232. The molecule has 0 aromatic rings. The van der Waals surface area contributed by atoms with Gasteiger partial charge in [-0.3, -0.25) is 0 Å². The van der Waals surface area contributed by atoms with Crippen molar-refractivity contribution in [3.05, 3.63) is 12.3 Å². The molecular formula is C11H22N2. The molecule has 1 aliphatic heterocycles. The number of hydrogen-bond donors (Lipinski definition) is 1. The number of hydrogen-bond acceptors (Lipinski definition) is 2. The van der Waals surface area contributed by atoms with Crippen LogP contribution in [-0.4, -0.2) is 31.1 Å². The minimum absolute atomic E-state index is 0.521. The Bertz CT molecular complexity index is 167. The maximum atomic E-state index is 4.11. The van der Waals surface area contributed by atoms with Crippen molar-refractivity contribution in [1.29, 1.82) is 0 Å². The molecular weight excluding hydrogens is 160 g/mol. The fraction of sp³-hybridized carbons (Fsp3) is 0.818. The van der Waals surface area contributed by atoms with Crippen LogP contribution in [0.3, 0.4) is 0 Å². The van der Waals surface area contributed by atoms with Gasteiger partial charge >= 0.3 is 0 Å². The zero-order valence-corrected chi connectivity index (χ0v) is 9.14. The third-order valence-electron chi connectivity index (χ3n) is 2.69. The number of likely N-dealkylation sites (tertiary alicyclic amines) is 1. The van der Waals surface area contributed by atoms with E-state index in [2.05, 4.69) is 37.7 Å². The quantitative estimate of drug-likeness (QED) is 0.716. The van der Waals surface area contributed by atoms with E-state index in [4.69, 9.17) is 0 Å². The van der Waals surface area contributed by atoms with Crippen molar-refractivity contribution in [1.82, 2.24) is 10.2 Å². The third-order valence-corrected chi connectivity index (χ3v) is 2.69. The normalized spacial score (nSPS) is 20.6. The fourth-order valence-corrected chi connectivity index (χ4v) is 1.85. The maximum Gasteiger partial charge on any atom is 0.0201 e. The predicted octanol–water partition coefficient (Wildman–Crippen LogP) is 1.84. The second-order valence-corrected chi connectivity index (χ2v) is 4.40. The van der Waals surface area contributed by atoms with Crippen LogP contribution in [0.5, 0.6) is 0 Å². The first kappa shape index (κ1) is 10.6. The van der Waals surface area contributed by atoms with Crippen LogP contribution >= 0.6 is 0 Å². The van der Waals surface area contributed by atoms with Crippen LogP contribution in [0.25, 0.3) is 0 Å². The Balaban J connectivity index is 2.31. The summed E-state index contributed by atoms with van der Waals surface area (Å²) in [6, 6.07) is 0.521. The molecule has 76 valence electrons. The molecule has 0 aromatic heterocycles. The Morgan fingerprint density at radius 2 is 1.92 bits per heavy atom. The van der Waals surface area contributed by atoms with Gasteiger partial charge in [0.2, 0.25) is 0 Å². The van der Waals surface area contributed by atoms with Gasteiger partial charge in [0.1, 0.15) is 0 Å². The van der Waals surface area contributed by atoms with Gasteiger partial charge in [0.05, 0.1) is 0 Å². The first-order valence-corrected chi connectivity index (χ1v) is 5.23. The molecule has 0 bridgehead atoms. The highest BCUT2D eigenvalue weighted by Gasteiger charge is 2.19. The van der Waals surface area contributed by atoms with E-state index in [1.807, 2.05) is 0 Å². The first-order chi connectivity index (χ1) is 6.09. The van der Waals surface area contributed by atoms with E-state index in [1.165, 1.54) is 31.6 Å². The zero-order chi connectivity index (χ0) is 9.84. The molecule has 1 saturated heterocycles. The van der Waals surface area contributed by atoms with Gasteiger partial charge in [-0.05, 0) is 46.8 Å². The van der Waals surface area contributed by atoms with Gasteiger partial charge in [0.15, 0.2) is 0 Å². The van der Waals surface area contributed by atoms with Crippen LogP contribution in [0.1, 0.15) is 26.7 Å². The molecule has 0 aliphatic carbocycles. The summed E-state index contributed by atoms with van der Waals surface area (Å²) in [5.41, 5.74) is 1.24. The predicted molar refractivity (Wildman–Crippen MR) is 57.6 cm³/mol. The summed E-state index contributed by atoms with van der Waals surface area (Å²) in [5, 5.41) is 3.41. The van der Waals surface area contributed by atoms with Crippen molar-refractivity contribution in [2.45, 2.75) is 32.7 Å². The molecule has 0 amide bonds. The molecule has 1 N–H and O–H groups in total. The largest absolute Gasteiger partial charge is 0.386 e. The lowest BCUT2D eigenvalue weighted by atomic mass is 9.94. The van der Waals surface area contributed by atoms with Crippen LogP contribution in [0, 0.1) is 5.92 Å². The van der Waals surface area contributed by atoms with Crippen LogP contribution in [0.4, 0.5) is 0 Å². The molecule has 2 heteroatoms. The summed E-state index contributed by atoms with van der Waals surface area (Å²) >= 11 is 0. The zero-order valence-electron chi connectivity index (χ0n) is 9.14. The number of nitrogens with zero attached hydrogens (tertiary/aromatic N) is 1. The number of nitrogens with one attached hydrogen (secondary N) is 1. The lowest BCUT2D eigenvalue weighted by Crippen LogP contribution is -2.35. The van der Waals surface area contributed by atoms with Gasteiger partial charge in [0, 0.05) is 17.7 Å². The monoisotopic (exact) mass is 182 g/mol. The molecule has 0 unspecified atom stereocenters. The molecule has 1 rings (SSSR count). The Morgan fingerprint density at radius 3 is 2.38 bits per heavy atom. The van der Waals surface area contributed by atoms with E-state index in [-0.39, 0.29) is 0 Å². The summed E-state index contributed by atoms with van der Waals surface area (Å²) in [7, 11) is 2.19. The van der Waals surface area contributed by atoms with Gasteiger partial charge in [-0.25, -0.2) is 0 Å². The van der Waals surface area contributed by atoms with E-state index in [9.17, 15) is 0 Å². The van der Waals surface area contributed by atoms with Crippen LogP contribution in [0.2, 0.25) is 0 Å². The molecule has 2 nitrogen and oxygen atoms in total. The van der Waals surface area contributed by atoms with Gasteiger partial charge in [-0.1, -0.05) is 6.58 Å². The van der Waals surface area contributed by atoms with E-state index >= 15 is 0 Å². The highest BCUT2D eigenvalue weighted by atomic mass is 15.1. The Labute approximate surface area is 82.0 Å². The number of allylic oxidation sites excluding steroid dienone is 1. The maximum absolute atomic E-state index is 4.11. The topological polar surface area (TPSA) is 15.3 Å². The highest BCUT2D eigenvalue weighted by Crippen LogP contribution is 2.21. The van der Waals surface area contributed by atoms with Crippen LogP contribution in [-0.2, 0) is 0 Å². The van der Waals surface area contributed by atoms with E-state index in [0.717, 1.165) is 0 Å². The van der Waals surface area contributed by atoms with E-state index in [1.54, 1.807) is 0 Å². The SMILES string of the molecule is C=C(NC(C)C)C1CCN(C)CC1. The fourth-order valence-electron chi connectivity index (χ4n) is 1.85. The molecule has 0 radical (unpaired) electrons. The number of rotatable bonds is 3. The van der Waals surface area contributed by atoms with Crippen molar-refractivity contribution >= 4 is 0 Å². The Hall–Kier alpha value is -0.500. The minimum Gasteiger partial charge on any atom is -0.386 e. The second-order valence-electron chi connectivity index (χ2n) is 4.40. The van der Waals surface area contributed by atoms with Crippen molar-refractivity contribution in [2.24, 2.45) is 5.92 Å². The summed E-state index contributed by atoms with van der Waals surface area (Å²) in [6.45, 7) is 10.9. The van der Waals surface area contributed by atoms with Crippen LogP contribution < -0.4 is 5.32 Å². The Morgan fingerprint density at radius 1 is 1.38 bits per heavy atom. The Kier molecular flexibility index (Phi) is 3.79. The van der Waals surface area contributed by atoms with Crippen molar-refractivity contribution in [3.63, 3.8) is 0 Å². The minimum atomic E-state index is 0.521. The molecule has 1 heterocycles. The average molecular weight is 182 g/mol. The lowest BCUT2D eigenvalue weighted by Gasteiger charge is -2.31. The van der Waals surface area contributed by atoms with E-state index in [0.29, 0.717) is 12.0 Å². The number of piperidine rings is 1. The smallest absolute Gasteiger partial charge is 0.0201 e. The molecule has 0 spiro atoms. The van der Waals surface area contributed by atoms with Gasteiger partial charge < -0.3 is 10.2 Å². The van der Waals surface area contributed by atoms with Crippen molar-refractivity contribution in [2.75, 3.05) is 20.1 Å². The van der Waals surface area contributed by atoms with Gasteiger partial charge in [-0.15, -0.1) is 0 Å². The molecule has 1 aliphatic rings. The molecule has 1 fully saturated rings. The standard InChI is InChI=1S/C11H22N2/c1-9(2)12-10(3)11-5-7-13(4)8-6-11/h9,11-12H,3,5-8H2,1-2,4H3. The molecule has 0 saturated carbocycles. The third kappa shape index (κ3) is 3.39. The van der Waals surface area contributed by atoms with Crippen molar-refractivity contribution in [3.8, 4) is 0 Å². The van der Waals surface area contributed by atoms with Gasteiger partial charge in [-0.2, -0.15) is 0 Å². The van der Waals surface area contributed by atoms with E-state index < -0.39 is 0 Å². The van der Waals surface area contributed by atoms with Crippen molar-refractivity contribution < 1.29 is 0 Å². The highest BCUT2D eigenvalue weighted by molar-refractivity contribution is 5.00. The summed E-state index contributed by atoms with van der Waals surface area (Å²) in [5.74, 6) is 0.693. The second kappa shape index (κ2) is 4.66. The summed E-state index contributed by atoms with van der Waals surface area (Å²) < 4.78 is 0. The summed E-state index contributed by atoms with van der Waals surface area (Å²) in [4.78, 5) is 2.39. The summed E-state index contributed by atoms with van der Waals surface area (Å²) in [6.07, 6.45) is 2.52. The molecule has 0 aromatic carbocycles. The first-order valence-electron chi connectivity index (χ1n) is 5.23. The molecule has 13 heavy (non-hydrogen) atoms. The average Bonchev–Trinajstić information content (AvgIpc) is 2.04. The van der Waals surface area contributed by atoms with Gasteiger partial charge in [0.25, 0.3) is 0 Å². The molecule has 0 atom stereocenters.